The van der Waals surface area contributed by atoms with Crippen LogP contribution in [0.5, 0.6) is 0 Å². The van der Waals surface area contributed by atoms with Crippen LogP contribution in [0.3, 0.4) is 0 Å². The number of carboxylic acids is 1. The molecule has 0 saturated heterocycles. The highest BCUT2D eigenvalue weighted by Crippen LogP contribution is 2.33. The fourth-order valence-electron chi connectivity index (χ4n) is 4.44. The van der Waals surface area contributed by atoms with E-state index in [1.165, 1.54) is 6.07 Å². The summed E-state index contributed by atoms with van der Waals surface area (Å²) in [5.74, 6) is -2.19. The number of benzene rings is 2. The molecular formula is C27H31F3N2O4S. The van der Waals surface area contributed by atoms with Gasteiger partial charge in [0.25, 0.3) is 0 Å². The van der Waals surface area contributed by atoms with Gasteiger partial charge in [-0.1, -0.05) is 63.1 Å². The van der Waals surface area contributed by atoms with Gasteiger partial charge in [0.1, 0.15) is 11.6 Å². The van der Waals surface area contributed by atoms with Gasteiger partial charge >= 0.3 is 12.1 Å². The molecule has 0 radical (unpaired) electrons. The average molecular weight is 537 g/mol. The highest BCUT2D eigenvalue weighted by molar-refractivity contribution is 7.81. The van der Waals surface area contributed by atoms with Crippen LogP contribution in [-0.2, 0) is 27.0 Å². The van der Waals surface area contributed by atoms with Gasteiger partial charge < -0.3 is 15.7 Å². The molecule has 1 fully saturated rings. The van der Waals surface area contributed by atoms with Crippen LogP contribution in [0.15, 0.2) is 48.5 Å². The summed E-state index contributed by atoms with van der Waals surface area (Å²) in [6, 6.07) is 10.2. The van der Waals surface area contributed by atoms with E-state index in [1.807, 2.05) is 13.8 Å². The molecule has 3 N–H and O–H groups in total. The summed E-state index contributed by atoms with van der Waals surface area (Å²) in [6.07, 6.45) is -2.23. The van der Waals surface area contributed by atoms with Crippen molar-refractivity contribution in [3.8, 4) is 11.1 Å². The van der Waals surface area contributed by atoms with E-state index in [4.69, 9.17) is 0 Å². The Balaban J connectivity index is 1.73. The maximum Gasteiger partial charge on any atom is 0.416 e. The lowest BCUT2D eigenvalue weighted by atomic mass is 9.94. The number of amides is 2. The maximum atomic E-state index is 13.2. The van der Waals surface area contributed by atoms with Crippen molar-refractivity contribution in [3.63, 3.8) is 0 Å². The predicted octanol–water partition coefficient (Wildman–Crippen LogP) is 4.87. The normalized spacial score (nSPS) is 16.7. The van der Waals surface area contributed by atoms with Crippen molar-refractivity contribution in [2.24, 2.45) is 5.92 Å². The molecule has 1 aliphatic carbocycles. The number of nitrogens with one attached hydrogen (secondary N) is 2. The Morgan fingerprint density at radius 1 is 1.03 bits per heavy atom. The molecule has 200 valence electrons. The molecule has 0 heterocycles. The van der Waals surface area contributed by atoms with E-state index < -0.39 is 40.4 Å². The molecule has 0 aromatic heterocycles. The molecule has 0 aliphatic heterocycles. The first kappa shape index (κ1) is 28.6. The minimum Gasteiger partial charge on any atom is -0.480 e. The van der Waals surface area contributed by atoms with Crippen molar-refractivity contribution in [3.05, 3.63) is 59.7 Å². The molecule has 37 heavy (non-hydrogen) atoms. The lowest BCUT2D eigenvalue weighted by Gasteiger charge is -2.32. The Bertz CT molecular complexity index is 1130. The summed E-state index contributed by atoms with van der Waals surface area (Å²) >= 11 is 4.33. The summed E-state index contributed by atoms with van der Waals surface area (Å²) in [7, 11) is 0. The average Bonchev–Trinajstić information content (AvgIpc) is 3.32. The number of alkyl halides is 3. The number of halogens is 3. The Hall–Kier alpha value is -3.01. The summed E-state index contributed by atoms with van der Waals surface area (Å²) in [5.41, 5.74) is -0.429. The monoisotopic (exact) mass is 536 g/mol. The number of aliphatic carboxylic acids is 1. The highest BCUT2D eigenvalue weighted by atomic mass is 32.1. The molecule has 2 amide bonds. The number of carbonyl (C=O) groups is 3. The molecular weight excluding hydrogens is 505 g/mol. The summed E-state index contributed by atoms with van der Waals surface area (Å²) in [4.78, 5) is 37.9. The van der Waals surface area contributed by atoms with Gasteiger partial charge in [0, 0.05) is 6.42 Å². The van der Waals surface area contributed by atoms with E-state index in [9.17, 15) is 32.7 Å². The van der Waals surface area contributed by atoms with Crippen LogP contribution < -0.4 is 10.6 Å². The van der Waals surface area contributed by atoms with E-state index in [-0.39, 0.29) is 18.2 Å². The smallest absolute Gasteiger partial charge is 0.416 e. The fraction of sp³-hybridized carbons (Fsp3) is 0.444. The number of thiol groups is 1. The van der Waals surface area contributed by atoms with Crippen molar-refractivity contribution in [1.29, 1.82) is 0 Å². The van der Waals surface area contributed by atoms with Gasteiger partial charge in [0.2, 0.25) is 11.8 Å². The molecule has 2 atom stereocenters. The van der Waals surface area contributed by atoms with Gasteiger partial charge in [-0.25, -0.2) is 4.79 Å². The third-order valence-corrected chi connectivity index (χ3v) is 7.51. The maximum absolute atomic E-state index is 13.2. The minimum atomic E-state index is -4.46. The second kappa shape index (κ2) is 11.6. The fourth-order valence-corrected chi connectivity index (χ4v) is 4.50. The second-order valence-electron chi connectivity index (χ2n) is 9.81. The van der Waals surface area contributed by atoms with E-state index in [0.29, 0.717) is 29.5 Å². The van der Waals surface area contributed by atoms with Gasteiger partial charge in [-0.3, -0.25) is 9.59 Å². The molecule has 2 aromatic carbocycles. The predicted molar refractivity (Wildman–Crippen MR) is 137 cm³/mol. The topological polar surface area (TPSA) is 95.5 Å². The van der Waals surface area contributed by atoms with Crippen molar-refractivity contribution in [2.75, 3.05) is 0 Å². The summed E-state index contributed by atoms with van der Waals surface area (Å²) in [5, 5.41) is 14.6. The first-order chi connectivity index (χ1) is 17.3. The van der Waals surface area contributed by atoms with Gasteiger partial charge in [0.15, 0.2) is 0 Å². The third-order valence-electron chi connectivity index (χ3n) is 6.67. The lowest BCUT2D eigenvalue weighted by Crippen LogP contribution is -2.61. The molecule has 1 saturated carbocycles. The SMILES string of the molecule is CC(C)[C@H](S)C(=O)NC1(C(=O)NC(Cc2ccc(-c3cccc(C(F)(F)F)c3)cc2)C(=O)O)CCCC1. The van der Waals surface area contributed by atoms with Crippen LogP contribution in [0.1, 0.15) is 50.7 Å². The van der Waals surface area contributed by atoms with Crippen LogP contribution in [0, 0.1) is 5.92 Å². The van der Waals surface area contributed by atoms with Crippen LogP contribution in [0.4, 0.5) is 13.2 Å². The number of carbonyl (C=O) groups excluding carboxylic acids is 2. The minimum absolute atomic E-state index is 0.0326. The third kappa shape index (κ3) is 7.06. The summed E-state index contributed by atoms with van der Waals surface area (Å²) in [6.45, 7) is 3.69. The lowest BCUT2D eigenvalue weighted by molar-refractivity contribution is -0.143. The number of rotatable bonds is 9. The Morgan fingerprint density at radius 3 is 2.19 bits per heavy atom. The quantitative estimate of drug-likeness (QED) is 0.344. The van der Waals surface area contributed by atoms with Crippen molar-refractivity contribution < 1.29 is 32.7 Å². The summed E-state index contributed by atoms with van der Waals surface area (Å²) < 4.78 is 39.1. The second-order valence-corrected chi connectivity index (χ2v) is 10.4. The molecule has 2 aromatic rings. The van der Waals surface area contributed by atoms with E-state index in [2.05, 4.69) is 23.3 Å². The standard InChI is InChI=1S/C27H31F3N2O4S/c1-16(2)22(37)23(33)32-26(12-3-4-13-26)25(36)31-21(24(34)35)14-17-8-10-18(11-9-17)19-6-5-7-20(15-19)27(28,29)30/h5-11,15-16,21-22,37H,3-4,12-14H2,1-2H3,(H,31,36)(H,32,33)(H,34,35)/t21?,22-/m0/s1. The largest absolute Gasteiger partial charge is 0.480 e. The molecule has 10 heteroatoms. The zero-order chi connectivity index (χ0) is 27.4. The first-order valence-electron chi connectivity index (χ1n) is 12.1. The van der Waals surface area contributed by atoms with Crippen molar-refractivity contribution in [2.45, 2.75) is 69.0 Å². The highest BCUT2D eigenvalue weighted by Gasteiger charge is 2.44. The van der Waals surface area contributed by atoms with E-state index in [1.54, 1.807) is 30.3 Å². The Kier molecular flexibility index (Phi) is 8.94. The van der Waals surface area contributed by atoms with Crippen LogP contribution in [0.25, 0.3) is 11.1 Å². The van der Waals surface area contributed by atoms with Crippen LogP contribution in [0.2, 0.25) is 0 Å². The first-order valence-corrected chi connectivity index (χ1v) is 12.6. The van der Waals surface area contributed by atoms with Crippen LogP contribution >= 0.6 is 12.6 Å². The molecule has 1 aliphatic rings. The van der Waals surface area contributed by atoms with Crippen molar-refractivity contribution >= 4 is 30.4 Å². The van der Waals surface area contributed by atoms with E-state index >= 15 is 0 Å². The van der Waals surface area contributed by atoms with Gasteiger partial charge in [-0.15, -0.1) is 0 Å². The molecule has 1 unspecified atom stereocenters. The number of hydrogen-bond donors (Lipinski definition) is 4. The zero-order valence-corrected chi connectivity index (χ0v) is 21.5. The van der Waals surface area contributed by atoms with Gasteiger partial charge in [0.05, 0.1) is 10.8 Å². The number of hydrogen-bond acceptors (Lipinski definition) is 4. The molecule has 6 nitrogen and oxygen atoms in total. The number of carboxylic acid groups (broad SMARTS) is 1. The zero-order valence-electron chi connectivity index (χ0n) is 20.6. The molecule has 0 bridgehead atoms. The van der Waals surface area contributed by atoms with E-state index in [0.717, 1.165) is 25.0 Å². The molecule has 3 rings (SSSR count). The van der Waals surface area contributed by atoms with Gasteiger partial charge in [-0.2, -0.15) is 25.8 Å². The van der Waals surface area contributed by atoms with Gasteiger partial charge in [-0.05, 0) is 47.6 Å². The van der Waals surface area contributed by atoms with Crippen molar-refractivity contribution in [1.82, 2.24) is 10.6 Å². The molecule has 0 spiro atoms. The Labute approximate surface area is 219 Å². The van der Waals surface area contributed by atoms with Crippen LogP contribution in [-0.4, -0.2) is 39.7 Å². The Morgan fingerprint density at radius 2 is 1.65 bits per heavy atom.